The first-order chi connectivity index (χ1) is 11.5. The monoisotopic (exact) mass is 361 g/mol. The Morgan fingerprint density at radius 3 is 2.50 bits per heavy atom. The Balaban J connectivity index is 1.88. The van der Waals surface area contributed by atoms with Gasteiger partial charge < -0.3 is 9.84 Å². The van der Waals surface area contributed by atoms with Crippen LogP contribution in [0.15, 0.2) is 48.5 Å². The maximum Gasteiger partial charge on any atom is 0.342 e. The Kier molecular flexibility index (Phi) is 4.60. The van der Waals surface area contributed by atoms with Crippen molar-refractivity contribution in [3.05, 3.63) is 70.0 Å². The summed E-state index contributed by atoms with van der Waals surface area (Å²) >= 11 is 11.7. The molecule has 0 radical (unpaired) electrons. The van der Waals surface area contributed by atoms with Crippen LogP contribution in [0.25, 0.3) is 10.8 Å². The number of aromatic hydroxyl groups is 1. The molecule has 0 bridgehead atoms. The van der Waals surface area contributed by atoms with Crippen LogP contribution in [0.4, 0.5) is 0 Å². The molecule has 1 aromatic heterocycles. The van der Waals surface area contributed by atoms with E-state index in [-0.39, 0.29) is 21.6 Å². The van der Waals surface area contributed by atoms with Crippen molar-refractivity contribution in [1.82, 2.24) is 4.98 Å². The van der Waals surface area contributed by atoms with Crippen LogP contribution in [0.3, 0.4) is 0 Å². The molecule has 2 aromatic carbocycles. The highest BCUT2D eigenvalue weighted by Crippen LogP contribution is 2.31. The lowest BCUT2D eigenvalue weighted by Gasteiger charge is -2.15. The predicted octanol–water partition coefficient (Wildman–Crippen LogP) is 5.17. The fourth-order valence-electron chi connectivity index (χ4n) is 2.43. The van der Waals surface area contributed by atoms with E-state index in [1.807, 2.05) is 12.1 Å². The lowest BCUT2D eigenvalue weighted by Crippen LogP contribution is -2.10. The van der Waals surface area contributed by atoms with E-state index in [2.05, 4.69) is 4.98 Å². The highest BCUT2D eigenvalue weighted by molar-refractivity contribution is 6.32. The van der Waals surface area contributed by atoms with Gasteiger partial charge in [-0.1, -0.05) is 53.5 Å². The van der Waals surface area contributed by atoms with Crippen LogP contribution in [-0.2, 0) is 4.74 Å². The number of halogens is 2. The maximum atomic E-state index is 12.4. The third-order valence-corrected chi connectivity index (χ3v) is 4.05. The molecule has 0 amide bonds. The van der Waals surface area contributed by atoms with Gasteiger partial charge in [0.1, 0.15) is 27.7 Å². The van der Waals surface area contributed by atoms with E-state index in [0.29, 0.717) is 10.9 Å². The zero-order chi connectivity index (χ0) is 17.3. The minimum atomic E-state index is -0.630. The minimum absolute atomic E-state index is 0.101. The van der Waals surface area contributed by atoms with Gasteiger partial charge in [-0.2, -0.15) is 0 Å². The largest absolute Gasteiger partial charge is 0.506 e. The second-order valence-electron chi connectivity index (χ2n) is 5.28. The van der Waals surface area contributed by atoms with E-state index in [4.69, 9.17) is 27.9 Å². The Hall–Kier alpha value is -2.30. The third kappa shape index (κ3) is 3.30. The van der Waals surface area contributed by atoms with Crippen LogP contribution in [0.2, 0.25) is 10.3 Å². The average Bonchev–Trinajstić information content (AvgIpc) is 2.54. The van der Waals surface area contributed by atoms with Crippen molar-refractivity contribution >= 4 is 39.9 Å². The van der Waals surface area contributed by atoms with Crippen LogP contribution < -0.4 is 0 Å². The highest BCUT2D eigenvalue weighted by Gasteiger charge is 2.19. The van der Waals surface area contributed by atoms with Gasteiger partial charge in [-0.15, -0.1) is 0 Å². The summed E-state index contributed by atoms with van der Waals surface area (Å²) in [5.41, 5.74) is 0.723. The average molecular weight is 362 g/mol. The number of hydrogen-bond acceptors (Lipinski definition) is 4. The number of aromatic nitrogens is 1. The molecule has 0 aliphatic carbocycles. The second kappa shape index (κ2) is 6.67. The summed E-state index contributed by atoms with van der Waals surface area (Å²) < 4.78 is 5.42. The molecular weight excluding hydrogens is 349 g/mol. The molecule has 0 aliphatic rings. The van der Waals surface area contributed by atoms with Gasteiger partial charge in [0, 0.05) is 5.39 Å². The van der Waals surface area contributed by atoms with Gasteiger partial charge in [0.2, 0.25) is 0 Å². The molecule has 122 valence electrons. The lowest BCUT2D eigenvalue weighted by atomic mass is 10.1. The summed E-state index contributed by atoms with van der Waals surface area (Å²) in [7, 11) is 0. The Labute approximate surface area is 148 Å². The van der Waals surface area contributed by atoms with E-state index in [1.54, 1.807) is 43.3 Å². The van der Waals surface area contributed by atoms with Crippen molar-refractivity contribution in [2.24, 2.45) is 0 Å². The van der Waals surface area contributed by atoms with Gasteiger partial charge >= 0.3 is 5.97 Å². The highest BCUT2D eigenvalue weighted by atomic mass is 35.5. The molecule has 6 heteroatoms. The van der Waals surface area contributed by atoms with Gasteiger partial charge in [-0.25, -0.2) is 9.78 Å². The first kappa shape index (κ1) is 16.6. The smallest absolute Gasteiger partial charge is 0.342 e. The molecule has 1 heterocycles. The standard InChI is InChI=1S/C18H13Cl2NO3/c1-10(12-8-15(19)21-16(20)9-12)24-18(23)14-7-6-11-4-2-3-5-13(11)17(14)22/h2-10,22H,1H3/t10-/m1/s1. The van der Waals surface area contributed by atoms with Crippen LogP contribution in [0, 0.1) is 0 Å². The Morgan fingerprint density at radius 2 is 1.79 bits per heavy atom. The second-order valence-corrected chi connectivity index (χ2v) is 6.05. The van der Waals surface area contributed by atoms with E-state index < -0.39 is 12.1 Å². The zero-order valence-corrected chi connectivity index (χ0v) is 14.2. The molecule has 0 unspecified atom stereocenters. The number of nitrogens with zero attached hydrogens (tertiary/aromatic N) is 1. The van der Waals surface area contributed by atoms with Gasteiger partial charge in [-0.05, 0) is 36.1 Å². The van der Waals surface area contributed by atoms with Crippen LogP contribution >= 0.6 is 23.2 Å². The molecule has 0 saturated carbocycles. The zero-order valence-electron chi connectivity index (χ0n) is 12.7. The summed E-state index contributed by atoms with van der Waals surface area (Å²) in [4.78, 5) is 16.3. The number of pyridine rings is 1. The number of esters is 1. The van der Waals surface area contributed by atoms with Crippen molar-refractivity contribution in [3.8, 4) is 5.75 Å². The predicted molar refractivity (Wildman–Crippen MR) is 93.7 cm³/mol. The fraction of sp³-hybridized carbons (Fsp3) is 0.111. The Morgan fingerprint density at radius 1 is 1.12 bits per heavy atom. The topological polar surface area (TPSA) is 59.4 Å². The number of benzene rings is 2. The van der Waals surface area contributed by atoms with Crippen molar-refractivity contribution in [2.75, 3.05) is 0 Å². The number of hydrogen-bond donors (Lipinski definition) is 1. The summed E-state index contributed by atoms with van der Waals surface area (Å²) in [6, 6.07) is 13.7. The van der Waals surface area contributed by atoms with E-state index in [0.717, 1.165) is 5.39 Å². The van der Waals surface area contributed by atoms with Crippen LogP contribution in [0.1, 0.15) is 28.9 Å². The van der Waals surface area contributed by atoms with E-state index >= 15 is 0 Å². The summed E-state index contributed by atoms with van der Waals surface area (Å²) in [6.45, 7) is 1.69. The molecular formula is C18H13Cl2NO3. The molecule has 0 saturated heterocycles. The molecule has 3 aromatic rings. The van der Waals surface area contributed by atoms with Crippen LogP contribution in [-0.4, -0.2) is 16.1 Å². The quantitative estimate of drug-likeness (QED) is 0.516. The third-order valence-electron chi connectivity index (χ3n) is 3.66. The van der Waals surface area contributed by atoms with E-state index in [1.165, 1.54) is 0 Å². The van der Waals surface area contributed by atoms with Crippen molar-refractivity contribution in [1.29, 1.82) is 0 Å². The van der Waals surface area contributed by atoms with Crippen molar-refractivity contribution < 1.29 is 14.6 Å². The first-order valence-corrected chi connectivity index (χ1v) is 7.96. The summed E-state index contributed by atoms with van der Waals surface area (Å²) in [5.74, 6) is -0.731. The molecule has 0 fully saturated rings. The number of fused-ring (bicyclic) bond motifs is 1. The molecule has 3 rings (SSSR count). The molecule has 1 atom stereocenters. The molecule has 0 aliphatic heterocycles. The molecule has 4 nitrogen and oxygen atoms in total. The van der Waals surface area contributed by atoms with Crippen LogP contribution in [0.5, 0.6) is 5.75 Å². The SMILES string of the molecule is C[C@@H](OC(=O)c1ccc2ccccc2c1O)c1cc(Cl)nc(Cl)c1. The number of ether oxygens (including phenoxy) is 1. The fourth-order valence-corrected chi connectivity index (χ4v) is 2.91. The molecule has 24 heavy (non-hydrogen) atoms. The number of carbonyl (C=O) groups is 1. The number of phenolic OH excluding ortho intramolecular Hbond substituents is 1. The van der Waals surface area contributed by atoms with Gasteiger partial charge in [-0.3, -0.25) is 0 Å². The van der Waals surface area contributed by atoms with Gasteiger partial charge in [0.25, 0.3) is 0 Å². The normalized spacial score (nSPS) is 12.1. The Bertz CT molecular complexity index is 907. The lowest BCUT2D eigenvalue weighted by molar-refractivity contribution is 0.0335. The van der Waals surface area contributed by atoms with Crippen molar-refractivity contribution in [3.63, 3.8) is 0 Å². The van der Waals surface area contributed by atoms with Gasteiger partial charge in [0.15, 0.2) is 0 Å². The number of phenols is 1. The summed E-state index contributed by atoms with van der Waals surface area (Å²) in [6.07, 6.45) is -0.596. The van der Waals surface area contributed by atoms with E-state index in [9.17, 15) is 9.90 Å². The first-order valence-electron chi connectivity index (χ1n) is 7.20. The number of carbonyl (C=O) groups excluding carboxylic acids is 1. The molecule has 0 spiro atoms. The minimum Gasteiger partial charge on any atom is -0.506 e. The number of rotatable bonds is 3. The van der Waals surface area contributed by atoms with Gasteiger partial charge in [0.05, 0.1) is 0 Å². The summed E-state index contributed by atoms with van der Waals surface area (Å²) in [5, 5.41) is 12.2. The van der Waals surface area contributed by atoms with Crippen molar-refractivity contribution in [2.45, 2.75) is 13.0 Å². The maximum absolute atomic E-state index is 12.4. The molecule has 1 N–H and O–H groups in total.